The Morgan fingerprint density at radius 3 is 2.29 bits per heavy atom. The maximum Gasteiger partial charge on any atom is 0.358 e. The zero-order valence-corrected chi connectivity index (χ0v) is 13.7. The van der Waals surface area contributed by atoms with Crippen LogP contribution in [0.25, 0.3) is 0 Å². The van der Waals surface area contributed by atoms with Crippen LogP contribution < -0.4 is 0 Å². The summed E-state index contributed by atoms with van der Waals surface area (Å²) in [6, 6.07) is 6.23. The van der Waals surface area contributed by atoms with E-state index in [9.17, 15) is 13.2 Å². The van der Waals surface area contributed by atoms with Crippen LogP contribution in [0.5, 0.6) is 0 Å². The van der Waals surface area contributed by atoms with E-state index in [0.717, 1.165) is 5.56 Å². The minimum absolute atomic E-state index is 0.0214. The molecule has 5 nitrogen and oxygen atoms in total. The first-order valence-corrected chi connectivity index (χ1v) is 8.18. The van der Waals surface area contributed by atoms with Gasteiger partial charge in [0.2, 0.25) is 0 Å². The quantitative estimate of drug-likeness (QED) is 0.606. The SMILES string of the molecule is CC1=CC(=NOS(=O)(=O)c2ccc(C)cc2)C=C(Br)C1=O. The second kappa shape index (κ2) is 5.95. The molecule has 0 saturated carbocycles. The van der Waals surface area contributed by atoms with Gasteiger partial charge in [0.25, 0.3) is 0 Å². The van der Waals surface area contributed by atoms with Crippen LogP contribution in [-0.4, -0.2) is 19.9 Å². The molecule has 2 rings (SSSR count). The molecule has 0 heterocycles. The number of halogens is 1. The van der Waals surface area contributed by atoms with E-state index in [1.54, 1.807) is 19.1 Å². The Labute approximate surface area is 131 Å². The number of Topliss-reactive ketones (excluding diaryl/α,β-unsaturated/α-hetero) is 1. The lowest BCUT2D eigenvalue weighted by atomic mass is 10.1. The summed E-state index contributed by atoms with van der Waals surface area (Å²) in [6.45, 7) is 3.47. The third-order valence-electron chi connectivity index (χ3n) is 2.76. The summed E-state index contributed by atoms with van der Waals surface area (Å²) in [5, 5.41) is 3.58. The van der Waals surface area contributed by atoms with Crippen LogP contribution in [0.15, 0.2) is 56.5 Å². The van der Waals surface area contributed by atoms with Gasteiger partial charge in [-0.1, -0.05) is 22.9 Å². The molecule has 0 spiro atoms. The first-order chi connectivity index (χ1) is 9.79. The highest BCUT2D eigenvalue weighted by Crippen LogP contribution is 2.19. The Hall–Kier alpha value is -1.73. The molecular weight excluding hydrogens is 358 g/mol. The average Bonchev–Trinajstić information content (AvgIpc) is 2.43. The predicted molar refractivity (Wildman–Crippen MR) is 82.7 cm³/mol. The first-order valence-electron chi connectivity index (χ1n) is 5.98. The molecule has 1 aromatic carbocycles. The second-order valence-electron chi connectivity index (χ2n) is 4.51. The summed E-state index contributed by atoms with van der Waals surface area (Å²) in [6.07, 6.45) is 2.86. The number of hydrogen-bond acceptors (Lipinski definition) is 5. The molecule has 0 aliphatic heterocycles. The van der Waals surface area contributed by atoms with E-state index in [1.165, 1.54) is 24.3 Å². The number of allylic oxidation sites excluding steroid dienone is 4. The van der Waals surface area contributed by atoms with Crippen molar-refractivity contribution in [3.05, 3.63) is 52.0 Å². The molecule has 0 amide bonds. The highest BCUT2D eigenvalue weighted by atomic mass is 79.9. The molecule has 0 fully saturated rings. The van der Waals surface area contributed by atoms with Gasteiger partial charge in [0.05, 0.1) is 4.48 Å². The lowest BCUT2D eigenvalue weighted by Crippen LogP contribution is -2.10. The molecule has 1 aliphatic rings. The number of hydrogen-bond donors (Lipinski definition) is 0. The van der Waals surface area contributed by atoms with Crippen LogP contribution in [0.1, 0.15) is 12.5 Å². The molecule has 0 unspecified atom stereocenters. The zero-order chi connectivity index (χ0) is 15.6. The maximum atomic E-state index is 12.0. The number of ketones is 1. The number of aryl methyl sites for hydroxylation is 1. The maximum absolute atomic E-state index is 12.0. The van der Waals surface area contributed by atoms with E-state index in [-0.39, 0.29) is 16.4 Å². The van der Waals surface area contributed by atoms with Crippen molar-refractivity contribution in [3.63, 3.8) is 0 Å². The number of benzene rings is 1. The third kappa shape index (κ3) is 3.68. The van der Waals surface area contributed by atoms with E-state index < -0.39 is 10.1 Å². The summed E-state index contributed by atoms with van der Waals surface area (Å²) in [4.78, 5) is 11.5. The van der Waals surface area contributed by atoms with Crippen LogP contribution >= 0.6 is 15.9 Å². The normalized spacial score (nSPS) is 17.5. The van der Waals surface area contributed by atoms with Crippen LogP contribution in [-0.2, 0) is 19.2 Å². The van der Waals surface area contributed by atoms with Crippen LogP contribution in [0.2, 0.25) is 0 Å². The van der Waals surface area contributed by atoms with Gasteiger partial charge in [0.1, 0.15) is 10.6 Å². The van der Waals surface area contributed by atoms with Gasteiger partial charge < -0.3 is 0 Å². The highest BCUT2D eigenvalue weighted by molar-refractivity contribution is 9.12. The van der Waals surface area contributed by atoms with Crippen molar-refractivity contribution in [2.24, 2.45) is 5.16 Å². The smallest absolute Gasteiger partial charge is 0.288 e. The van der Waals surface area contributed by atoms with E-state index in [1.807, 2.05) is 6.92 Å². The van der Waals surface area contributed by atoms with Crippen molar-refractivity contribution in [2.75, 3.05) is 0 Å². The van der Waals surface area contributed by atoms with Gasteiger partial charge in [-0.3, -0.25) is 9.08 Å². The highest BCUT2D eigenvalue weighted by Gasteiger charge is 2.18. The van der Waals surface area contributed by atoms with Gasteiger partial charge in [-0.25, -0.2) is 0 Å². The second-order valence-corrected chi connectivity index (χ2v) is 6.89. The standard InChI is InChI=1S/C14H12BrNO4S/c1-9-3-5-12(6-4-9)21(18,19)20-16-11-7-10(2)14(17)13(15)8-11/h3-8H,1-2H3. The molecule has 0 aromatic heterocycles. The number of nitrogens with zero attached hydrogens (tertiary/aromatic N) is 1. The van der Waals surface area contributed by atoms with Crippen LogP contribution in [0.4, 0.5) is 0 Å². The Bertz CT molecular complexity index is 750. The van der Waals surface area contributed by atoms with Crippen molar-refractivity contribution in [2.45, 2.75) is 18.7 Å². The molecule has 7 heteroatoms. The van der Waals surface area contributed by atoms with Gasteiger partial charge in [0, 0.05) is 0 Å². The van der Waals surface area contributed by atoms with Crippen molar-refractivity contribution >= 4 is 37.5 Å². The fourth-order valence-corrected chi connectivity index (χ4v) is 2.89. The van der Waals surface area contributed by atoms with E-state index in [4.69, 9.17) is 0 Å². The van der Waals surface area contributed by atoms with Crippen molar-refractivity contribution in [1.82, 2.24) is 0 Å². The predicted octanol–water partition coefficient (Wildman–Crippen LogP) is 2.86. The number of carbonyl (C=O) groups is 1. The summed E-state index contributed by atoms with van der Waals surface area (Å²) in [5.74, 6) is -0.171. The Kier molecular flexibility index (Phi) is 4.43. The Morgan fingerprint density at radius 2 is 1.71 bits per heavy atom. The van der Waals surface area contributed by atoms with Crippen molar-refractivity contribution in [1.29, 1.82) is 0 Å². The van der Waals surface area contributed by atoms with Crippen LogP contribution in [0.3, 0.4) is 0 Å². The molecule has 0 atom stereocenters. The van der Waals surface area contributed by atoms with E-state index in [0.29, 0.717) is 10.1 Å². The van der Waals surface area contributed by atoms with Crippen LogP contribution in [0, 0.1) is 6.92 Å². The van der Waals surface area contributed by atoms with Gasteiger partial charge in [-0.15, -0.1) is 0 Å². The molecule has 1 aromatic rings. The lowest BCUT2D eigenvalue weighted by molar-refractivity contribution is -0.111. The van der Waals surface area contributed by atoms with Gasteiger partial charge in [0.15, 0.2) is 5.78 Å². The zero-order valence-electron chi connectivity index (χ0n) is 11.3. The number of oxime groups is 1. The largest absolute Gasteiger partial charge is 0.358 e. The van der Waals surface area contributed by atoms with E-state index in [2.05, 4.69) is 25.4 Å². The topological polar surface area (TPSA) is 72.8 Å². The molecule has 0 saturated heterocycles. The molecule has 1 aliphatic carbocycles. The Morgan fingerprint density at radius 1 is 1.10 bits per heavy atom. The van der Waals surface area contributed by atoms with E-state index >= 15 is 0 Å². The molecule has 0 bridgehead atoms. The summed E-state index contributed by atoms with van der Waals surface area (Å²) in [7, 11) is -3.97. The molecule has 21 heavy (non-hydrogen) atoms. The molecule has 0 radical (unpaired) electrons. The number of carbonyl (C=O) groups excluding carboxylic acids is 1. The van der Waals surface area contributed by atoms with Gasteiger partial charge in [-0.05, 0) is 59.6 Å². The molecule has 110 valence electrons. The molecular formula is C14H12BrNO4S. The van der Waals surface area contributed by atoms with Crippen molar-refractivity contribution in [3.8, 4) is 0 Å². The van der Waals surface area contributed by atoms with Gasteiger partial charge in [-0.2, -0.15) is 8.42 Å². The minimum atomic E-state index is -3.97. The monoisotopic (exact) mass is 369 g/mol. The average molecular weight is 370 g/mol. The fourth-order valence-electron chi connectivity index (χ4n) is 1.61. The summed E-state index contributed by atoms with van der Waals surface area (Å²) < 4.78 is 28.9. The van der Waals surface area contributed by atoms with Crippen molar-refractivity contribution < 1.29 is 17.5 Å². The first kappa shape index (κ1) is 15.7. The number of rotatable bonds is 3. The minimum Gasteiger partial charge on any atom is -0.288 e. The lowest BCUT2D eigenvalue weighted by Gasteiger charge is -2.07. The third-order valence-corrected chi connectivity index (χ3v) is 4.47. The van der Waals surface area contributed by atoms with Gasteiger partial charge >= 0.3 is 10.1 Å². The summed E-state index contributed by atoms with van der Waals surface area (Å²) >= 11 is 3.09. The summed E-state index contributed by atoms with van der Waals surface area (Å²) in [5.41, 5.74) is 1.63. The fraction of sp³-hybridized carbons (Fsp3) is 0.143. The molecule has 0 N–H and O–H groups in total. The Balaban J connectivity index is 2.24.